The summed E-state index contributed by atoms with van der Waals surface area (Å²) in [6.07, 6.45) is 1.55. The van der Waals surface area contributed by atoms with E-state index in [4.69, 9.17) is 4.74 Å². The second-order valence-electron chi connectivity index (χ2n) is 5.39. The summed E-state index contributed by atoms with van der Waals surface area (Å²) in [4.78, 5) is 16.7. The number of amides is 1. The lowest BCUT2D eigenvalue weighted by atomic mass is 10.2. The highest BCUT2D eigenvalue weighted by Gasteiger charge is 2.16. The first-order valence-corrected chi connectivity index (χ1v) is 8.31. The molecule has 1 heterocycles. The molecule has 0 saturated heterocycles. The maximum atomic E-state index is 12.6. The molecule has 3 aromatic rings. The average Bonchev–Trinajstić information content (AvgIpc) is 2.58. The number of anilines is 1. The molecule has 2 N–H and O–H groups in total. The van der Waals surface area contributed by atoms with E-state index < -0.39 is 5.91 Å². The molecule has 5 nitrogen and oxygen atoms in total. The lowest BCUT2D eigenvalue weighted by Gasteiger charge is -2.11. The minimum Gasteiger partial charge on any atom is -0.506 e. The van der Waals surface area contributed by atoms with Crippen LogP contribution in [0, 0.1) is 6.92 Å². The number of hydrogen-bond donors (Lipinski definition) is 2. The van der Waals surface area contributed by atoms with E-state index in [2.05, 4.69) is 26.2 Å². The smallest absolute Gasteiger partial charge is 0.261 e. The number of aromatic hydroxyl groups is 1. The molecule has 0 saturated carbocycles. The highest BCUT2D eigenvalue weighted by Crippen LogP contribution is 2.28. The number of carbonyl (C=O) groups excluding carboxylic acids is 1. The van der Waals surface area contributed by atoms with Gasteiger partial charge in [0.1, 0.15) is 17.1 Å². The minimum absolute atomic E-state index is 0.00250. The number of benzene rings is 2. The van der Waals surface area contributed by atoms with Gasteiger partial charge in [-0.05, 0) is 55.0 Å². The summed E-state index contributed by atoms with van der Waals surface area (Å²) in [6.45, 7) is 1.88. The Hall–Kier alpha value is -2.86. The molecule has 3 rings (SSSR count). The van der Waals surface area contributed by atoms with Crippen molar-refractivity contribution in [1.82, 2.24) is 4.98 Å². The third-order valence-electron chi connectivity index (χ3n) is 3.43. The number of rotatable bonds is 4. The molecule has 0 unspecified atom stereocenters. The Labute approximate surface area is 153 Å². The Morgan fingerprint density at radius 3 is 2.80 bits per heavy atom. The summed E-state index contributed by atoms with van der Waals surface area (Å²) in [5, 5.41) is 12.6. The molecule has 0 aliphatic rings. The number of nitrogens with one attached hydrogen (secondary N) is 1. The third kappa shape index (κ3) is 4.16. The normalized spacial score (nSPS) is 10.3. The fourth-order valence-corrected chi connectivity index (χ4v) is 2.60. The van der Waals surface area contributed by atoms with Crippen molar-refractivity contribution in [3.8, 4) is 17.4 Å². The summed E-state index contributed by atoms with van der Waals surface area (Å²) in [5.41, 5.74) is 1.52. The van der Waals surface area contributed by atoms with Crippen LogP contribution in [-0.4, -0.2) is 16.0 Å². The highest BCUT2D eigenvalue weighted by atomic mass is 79.9. The summed E-state index contributed by atoms with van der Waals surface area (Å²) < 4.78 is 6.60. The van der Waals surface area contributed by atoms with Gasteiger partial charge in [0, 0.05) is 10.7 Å². The Morgan fingerprint density at radius 2 is 2.00 bits per heavy atom. The first-order valence-electron chi connectivity index (χ1n) is 7.52. The quantitative estimate of drug-likeness (QED) is 0.612. The second-order valence-corrected chi connectivity index (χ2v) is 6.31. The second kappa shape index (κ2) is 7.36. The molecule has 0 spiro atoms. The van der Waals surface area contributed by atoms with E-state index in [-0.39, 0.29) is 17.2 Å². The van der Waals surface area contributed by atoms with Crippen molar-refractivity contribution >= 4 is 27.5 Å². The molecular formula is C19H15BrN2O3. The van der Waals surface area contributed by atoms with Gasteiger partial charge in [-0.2, -0.15) is 0 Å². The molecular weight excluding hydrogens is 384 g/mol. The number of phenols is 1. The number of phenolic OH excluding ortho intramolecular Hbond substituents is 1. The number of hydrogen-bond acceptors (Lipinski definition) is 4. The van der Waals surface area contributed by atoms with Crippen LogP contribution in [-0.2, 0) is 0 Å². The molecule has 6 heteroatoms. The molecule has 1 aromatic heterocycles. The lowest BCUT2D eigenvalue weighted by molar-refractivity contribution is 0.102. The SMILES string of the molecule is Cc1ccc(O)c(NC(=O)c2cccnc2Oc2cccc(Br)c2)c1. The van der Waals surface area contributed by atoms with Gasteiger partial charge in [-0.25, -0.2) is 4.98 Å². The van der Waals surface area contributed by atoms with Crippen LogP contribution < -0.4 is 10.1 Å². The number of aryl methyl sites for hydroxylation is 1. The van der Waals surface area contributed by atoms with E-state index in [0.717, 1.165) is 10.0 Å². The third-order valence-corrected chi connectivity index (χ3v) is 3.92. The first kappa shape index (κ1) is 17.0. The van der Waals surface area contributed by atoms with E-state index in [0.29, 0.717) is 11.4 Å². The van der Waals surface area contributed by atoms with Crippen LogP contribution in [0.2, 0.25) is 0 Å². The van der Waals surface area contributed by atoms with Gasteiger partial charge in [-0.1, -0.05) is 28.1 Å². The monoisotopic (exact) mass is 398 g/mol. The van der Waals surface area contributed by atoms with Crippen molar-refractivity contribution in [3.05, 3.63) is 76.4 Å². The zero-order valence-electron chi connectivity index (χ0n) is 13.4. The number of halogens is 1. The molecule has 25 heavy (non-hydrogen) atoms. The molecule has 0 aliphatic carbocycles. The maximum Gasteiger partial charge on any atom is 0.261 e. The number of nitrogens with zero attached hydrogens (tertiary/aromatic N) is 1. The van der Waals surface area contributed by atoms with E-state index in [1.165, 1.54) is 6.07 Å². The van der Waals surface area contributed by atoms with Gasteiger partial charge in [-0.3, -0.25) is 4.79 Å². The largest absolute Gasteiger partial charge is 0.506 e. The lowest BCUT2D eigenvalue weighted by Crippen LogP contribution is -2.13. The van der Waals surface area contributed by atoms with Crippen molar-refractivity contribution in [2.24, 2.45) is 0 Å². The minimum atomic E-state index is -0.418. The van der Waals surface area contributed by atoms with E-state index >= 15 is 0 Å². The van der Waals surface area contributed by atoms with Crippen LogP contribution in [0.15, 0.2) is 65.3 Å². The standard InChI is InChI=1S/C19H15BrN2O3/c1-12-7-8-17(23)16(10-12)22-18(24)15-6-3-9-21-19(15)25-14-5-2-4-13(20)11-14/h2-11,23H,1H3,(H,22,24). The summed E-state index contributed by atoms with van der Waals surface area (Å²) in [5.74, 6) is 0.321. The summed E-state index contributed by atoms with van der Waals surface area (Å²) in [7, 11) is 0. The molecule has 0 fully saturated rings. The zero-order chi connectivity index (χ0) is 17.8. The molecule has 2 aromatic carbocycles. The predicted octanol–water partition coefficient (Wildman–Crippen LogP) is 4.90. The number of pyridine rings is 1. The van der Waals surface area contributed by atoms with E-state index in [1.54, 1.807) is 42.6 Å². The van der Waals surface area contributed by atoms with Crippen LogP contribution in [0.25, 0.3) is 0 Å². The first-order chi connectivity index (χ1) is 12.0. The fourth-order valence-electron chi connectivity index (χ4n) is 2.23. The Bertz CT molecular complexity index is 928. The van der Waals surface area contributed by atoms with Crippen LogP contribution in [0.4, 0.5) is 5.69 Å². The van der Waals surface area contributed by atoms with Crippen LogP contribution in [0.3, 0.4) is 0 Å². The average molecular weight is 399 g/mol. The van der Waals surface area contributed by atoms with Gasteiger partial charge in [0.05, 0.1) is 5.69 Å². The Kier molecular flexibility index (Phi) is 5.00. The Balaban J connectivity index is 1.87. The maximum absolute atomic E-state index is 12.6. The van der Waals surface area contributed by atoms with Crippen LogP contribution in [0.1, 0.15) is 15.9 Å². The molecule has 0 bridgehead atoms. The van der Waals surface area contributed by atoms with Crippen molar-refractivity contribution in [2.45, 2.75) is 6.92 Å². The van der Waals surface area contributed by atoms with E-state index in [9.17, 15) is 9.90 Å². The number of aromatic nitrogens is 1. The molecule has 126 valence electrons. The van der Waals surface area contributed by atoms with Gasteiger partial charge in [0.15, 0.2) is 0 Å². The fraction of sp³-hybridized carbons (Fsp3) is 0.0526. The van der Waals surface area contributed by atoms with Crippen LogP contribution in [0.5, 0.6) is 17.4 Å². The Morgan fingerprint density at radius 1 is 1.16 bits per heavy atom. The molecule has 0 radical (unpaired) electrons. The van der Waals surface area contributed by atoms with Crippen molar-refractivity contribution < 1.29 is 14.6 Å². The van der Waals surface area contributed by atoms with Crippen molar-refractivity contribution in [3.63, 3.8) is 0 Å². The molecule has 0 atom stereocenters. The van der Waals surface area contributed by atoms with Crippen molar-refractivity contribution in [2.75, 3.05) is 5.32 Å². The van der Waals surface area contributed by atoms with Gasteiger partial charge < -0.3 is 15.2 Å². The van der Waals surface area contributed by atoms with Gasteiger partial charge in [0.25, 0.3) is 5.91 Å². The van der Waals surface area contributed by atoms with Crippen LogP contribution >= 0.6 is 15.9 Å². The van der Waals surface area contributed by atoms with Crippen molar-refractivity contribution in [1.29, 1.82) is 0 Å². The topological polar surface area (TPSA) is 71.5 Å². The number of ether oxygens (including phenoxy) is 1. The zero-order valence-corrected chi connectivity index (χ0v) is 14.9. The highest BCUT2D eigenvalue weighted by molar-refractivity contribution is 9.10. The van der Waals surface area contributed by atoms with Gasteiger partial charge in [0.2, 0.25) is 5.88 Å². The summed E-state index contributed by atoms with van der Waals surface area (Å²) in [6, 6.07) is 15.5. The molecule has 0 aliphatic heterocycles. The van der Waals surface area contributed by atoms with Gasteiger partial charge in [-0.15, -0.1) is 0 Å². The van der Waals surface area contributed by atoms with Gasteiger partial charge >= 0.3 is 0 Å². The molecule has 1 amide bonds. The summed E-state index contributed by atoms with van der Waals surface area (Å²) >= 11 is 3.37. The number of carbonyl (C=O) groups is 1. The predicted molar refractivity (Wildman–Crippen MR) is 99.3 cm³/mol. The van der Waals surface area contributed by atoms with E-state index in [1.807, 2.05) is 19.1 Å².